The third kappa shape index (κ3) is 4.40. The number of ether oxygens (including phenoxy) is 1. The zero-order valence-electron chi connectivity index (χ0n) is 15.3. The van der Waals surface area contributed by atoms with Crippen molar-refractivity contribution in [3.63, 3.8) is 0 Å². The number of aryl methyl sites for hydroxylation is 2. The van der Waals surface area contributed by atoms with Crippen molar-refractivity contribution >= 4 is 0 Å². The van der Waals surface area contributed by atoms with Crippen molar-refractivity contribution in [3.05, 3.63) is 64.7 Å². The molecule has 3 nitrogen and oxygen atoms in total. The minimum Gasteiger partial charge on any atom is -0.488 e. The monoisotopic (exact) mass is 360 g/mol. The number of nitrogens with zero attached hydrogens (tertiary/aromatic N) is 1. The van der Waals surface area contributed by atoms with Gasteiger partial charge in [-0.2, -0.15) is 0 Å². The number of piperazine rings is 1. The van der Waals surface area contributed by atoms with Crippen LogP contribution >= 0.6 is 0 Å². The van der Waals surface area contributed by atoms with Gasteiger partial charge in [-0.3, -0.25) is 4.90 Å². The van der Waals surface area contributed by atoms with Gasteiger partial charge in [-0.25, -0.2) is 8.78 Å². The normalized spacial score (nSPS) is 16.7. The first-order valence-corrected chi connectivity index (χ1v) is 9.07. The summed E-state index contributed by atoms with van der Waals surface area (Å²) in [4.78, 5) is 1.87. The fourth-order valence-corrected chi connectivity index (χ4v) is 3.59. The van der Waals surface area contributed by atoms with Gasteiger partial charge in [0.2, 0.25) is 0 Å². The van der Waals surface area contributed by atoms with Gasteiger partial charge in [0.15, 0.2) is 0 Å². The Kier molecular flexibility index (Phi) is 6.22. The molecule has 0 aliphatic carbocycles. The van der Waals surface area contributed by atoms with Gasteiger partial charge in [0.05, 0.1) is 6.04 Å². The molecule has 26 heavy (non-hydrogen) atoms. The lowest BCUT2D eigenvalue weighted by Crippen LogP contribution is -2.46. The van der Waals surface area contributed by atoms with Crippen LogP contribution in [0.4, 0.5) is 8.78 Å². The quantitative estimate of drug-likeness (QED) is 0.840. The molecule has 0 radical (unpaired) electrons. The lowest BCUT2D eigenvalue weighted by Gasteiger charge is -2.35. The van der Waals surface area contributed by atoms with Crippen molar-refractivity contribution in [1.82, 2.24) is 10.2 Å². The van der Waals surface area contributed by atoms with Gasteiger partial charge in [-0.15, -0.1) is 0 Å². The SMILES string of the molecule is Cc1cc([C@@H](C(F)F)N2CCNCC2)cc(C)c1OCc1ccccc1. The maximum Gasteiger partial charge on any atom is 0.258 e. The summed E-state index contributed by atoms with van der Waals surface area (Å²) in [6, 6.07) is 12.8. The van der Waals surface area contributed by atoms with Crippen LogP contribution in [-0.4, -0.2) is 37.5 Å². The zero-order valence-corrected chi connectivity index (χ0v) is 15.3. The molecule has 1 aliphatic rings. The van der Waals surface area contributed by atoms with Gasteiger partial charge in [0.1, 0.15) is 12.4 Å². The molecule has 5 heteroatoms. The summed E-state index contributed by atoms with van der Waals surface area (Å²) in [7, 11) is 0. The van der Waals surface area contributed by atoms with Gasteiger partial charge in [-0.05, 0) is 36.1 Å². The number of benzene rings is 2. The summed E-state index contributed by atoms with van der Waals surface area (Å²) in [5, 5.41) is 3.22. The van der Waals surface area contributed by atoms with Crippen LogP contribution in [0.2, 0.25) is 0 Å². The van der Waals surface area contributed by atoms with E-state index in [1.807, 2.05) is 61.2 Å². The molecule has 140 valence electrons. The molecule has 2 aromatic rings. The lowest BCUT2D eigenvalue weighted by atomic mass is 9.98. The number of halogens is 2. The molecule has 1 heterocycles. The summed E-state index contributed by atoms with van der Waals surface area (Å²) in [6.07, 6.45) is -2.41. The molecule has 0 saturated carbocycles. The molecule has 1 atom stereocenters. The lowest BCUT2D eigenvalue weighted by molar-refractivity contribution is 0.0181. The second-order valence-electron chi connectivity index (χ2n) is 6.82. The fourth-order valence-electron chi connectivity index (χ4n) is 3.59. The smallest absolute Gasteiger partial charge is 0.258 e. The summed E-state index contributed by atoms with van der Waals surface area (Å²) in [5.41, 5.74) is 3.55. The minimum atomic E-state index is -2.41. The molecule has 1 N–H and O–H groups in total. The first-order chi connectivity index (χ1) is 12.6. The van der Waals surface area contributed by atoms with Gasteiger partial charge in [0, 0.05) is 26.2 Å². The van der Waals surface area contributed by atoms with Crippen LogP contribution in [0.1, 0.15) is 28.3 Å². The van der Waals surface area contributed by atoms with E-state index in [-0.39, 0.29) is 0 Å². The molecule has 3 rings (SSSR count). The highest BCUT2D eigenvalue weighted by atomic mass is 19.3. The van der Waals surface area contributed by atoms with Gasteiger partial charge >= 0.3 is 0 Å². The van der Waals surface area contributed by atoms with Crippen molar-refractivity contribution in [2.24, 2.45) is 0 Å². The van der Waals surface area contributed by atoms with E-state index in [0.29, 0.717) is 25.3 Å². The number of hydrogen-bond donors (Lipinski definition) is 1. The second-order valence-corrected chi connectivity index (χ2v) is 6.82. The molecule has 1 fully saturated rings. The van der Waals surface area contributed by atoms with E-state index in [1.54, 1.807) is 0 Å². The van der Waals surface area contributed by atoms with Crippen LogP contribution in [0, 0.1) is 13.8 Å². The summed E-state index contributed by atoms with van der Waals surface area (Å²) >= 11 is 0. The largest absolute Gasteiger partial charge is 0.488 e. The average Bonchev–Trinajstić information content (AvgIpc) is 2.63. The van der Waals surface area contributed by atoms with Crippen molar-refractivity contribution in [3.8, 4) is 5.75 Å². The molecule has 0 amide bonds. The Balaban J connectivity index is 1.80. The predicted molar refractivity (Wildman–Crippen MR) is 99.9 cm³/mol. The first-order valence-electron chi connectivity index (χ1n) is 9.07. The van der Waals surface area contributed by atoms with Crippen molar-refractivity contribution in [2.75, 3.05) is 26.2 Å². The number of rotatable bonds is 6. The van der Waals surface area contributed by atoms with E-state index < -0.39 is 12.5 Å². The van der Waals surface area contributed by atoms with E-state index >= 15 is 0 Å². The third-order valence-electron chi connectivity index (χ3n) is 4.83. The van der Waals surface area contributed by atoms with Crippen molar-refractivity contribution in [1.29, 1.82) is 0 Å². The Morgan fingerprint density at radius 1 is 1.04 bits per heavy atom. The van der Waals surface area contributed by atoms with E-state index in [4.69, 9.17) is 4.74 Å². The van der Waals surface area contributed by atoms with E-state index in [9.17, 15) is 8.78 Å². The Morgan fingerprint density at radius 3 is 2.23 bits per heavy atom. The fraction of sp³-hybridized carbons (Fsp3) is 0.429. The Morgan fingerprint density at radius 2 is 1.65 bits per heavy atom. The number of hydrogen-bond acceptors (Lipinski definition) is 3. The summed E-state index contributed by atoms with van der Waals surface area (Å²) in [5.74, 6) is 0.783. The molecular weight excluding hydrogens is 334 g/mol. The predicted octanol–water partition coefficient (Wildman–Crippen LogP) is 4.09. The maximum atomic E-state index is 13.8. The molecular formula is C21H26F2N2O. The van der Waals surface area contributed by atoms with Crippen molar-refractivity contribution < 1.29 is 13.5 Å². The highest BCUT2D eigenvalue weighted by Crippen LogP contribution is 2.33. The van der Waals surface area contributed by atoms with E-state index in [1.165, 1.54) is 0 Å². The van der Waals surface area contributed by atoms with Crippen LogP contribution in [0.25, 0.3) is 0 Å². The van der Waals surface area contributed by atoms with Crippen LogP contribution < -0.4 is 10.1 Å². The Hall–Kier alpha value is -1.98. The highest BCUT2D eigenvalue weighted by molar-refractivity contribution is 5.44. The number of nitrogens with one attached hydrogen (secondary N) is 1. The van der Waals surface area contributed by atoms with Crippen LogP contribution in [0.3, 0.4) is 0 Å². The minimum absolute atomic E-state index is 0.470. The molecule has 1 saturated heterocycles. The molecule has 1 aliphatic heterocycles. The van der Waals surface area contributed by atoms with E-state index in [2.05, 4.69) is 5.32 Å². The van der Waals surface area contributed by atoms with Gasteiger partial charge < -0.3 is 10.1 Å². The maximum absolute atomic E-state index is 13.8. The first kappa shape index (κ1) is 18.8. The van der Waals surface area contributed by atoms with Crippen LogP contribution in [0.5, 0.6) is 5.75 Å². The summed E-state index contributed by atoms with van der Waals surface area (Å²) < 4.78 is 33.6. The molecule has 0 aromatic heterocycles. The molecule has 0 unspecified atom stereocenters. The average molecular weight is 360 g/mol. The standard InChI is InChI=1S/C21H26F2N2O/c1-15-12-18(19(21(22)23)25-10-8-24-9-11-25)13-16(2)20(15)26-14-17-6-4-3-5-7-17/h3-7,12-13,19,21,24H,8-11,14H2,1-2H3/t19-/m0/s1. The molecule has 0 bridgehead atoms. The Labute approximate surface area is 154 Å². The molecule has 0 spiro atoms. The zero-order chi connectivity index (χ0) is 18.5. The second kappa shape index (κ2) is 8.60. The van der Waals surface area contributed by atoms with Crippen LogP contribution in [0.15, 0.2) is 42.5 Å². The third-order valence-corrected chi connectivity index (χ3v) is 4.83. The Bertz CT molecular complexity index is 692. The van der Waals surface area contributed by atoms with Crippen LogP contribution in [-0.2, 0) is 6.61 Å². The van der Waals surface area contributed by atoms with Gasteiger partial charge in [0.25, 0.3) is 6.43 Å². The summed E-state index contributed by atoms with van der Waals surface area (Å²) in [6.45, 7) is 7.10. The highest BCUT2D eigenvalue weighted by Gasteiger charge is 2.30. The van der Waals surface area contributed by atoms with Crippen molar-refractivity contribution in [2.45, 2.75) is 32.9 Å². The number of alkyl halides is 2. The van der Waals surface area contributed by atoms with Gasteiger partial charge in [-0.1, -0.05) is 42.5 Å². The molecule has 2 aromatic carbocycles. The topological polar surface area (TPSA) is 24.5 Å². The van der Waals surface area contributed by atoms with E-state index in [0.717, 1.165) is 35.5 Å².